The van der Waals surface area contributed by atoms with Gasteiger partial charge in [0.1, 0.15) is 11.6 Å². The summed E-state index contributed by atoms with van der Waals surface area (Å²) in [5, 5.41) is 12.2. The van der Waals surface area contributed by atoms with Crippen molar-refractivity contribution in [3.8, 4) is 6.07 Å². The van der Waals surface area contributed by atoms with Gasteiger partial charge in [-0.2, -0.15) is 5.26 Å². The van der Waals surface area contributed by atoms with E-state index < -0.39 is 0 Å². The van der Waals surface area contributed by atoms with Gasteiger partial charge < -0.3 is 5.32 Å². The van der Waals surface area contributed by atoms with E-state index in [1.54, 1.807) is 6.08 Å². The number of carbonyl (C=O) groups is 1. The summed E-state index contributed by atoms with van der Waals surface area (Å²) in [7, 11) is 0. The molecule has 0 saturated heterocycles. The third-order valence-electron chi connectivity index (χ3n) is 3.69. The van der Waals surface area contributed by atoms with Crippen molar-refractivity contribution in [2.75, 3.05) is 0 Å². The highest BCUT2D eigenvalue weighted by atomic mass is 79.9. The van der Waals surface area contributed by atoms with Crippen LogP contribution in [0.2, 0.25) is 0 Å². The number of nitrogens with zero attached hydrogens (tertiary/aromatic N) is 1. The topological polar surface area (TPSA) is 52.9 Å². The highest BCUT2D eigenvalue weighted by molar-refractivity contribution is 9.12. The van der Waals surface area contributed by atoms with Crippen LogP contribution < -0.4 is 5.32 Å². The molecule has 1 amide bonds. The second-order valence-electron chi connectivity index (χ2n) is 5.42. The lowest BCUT2D eigenvalue weighted by Gasteiger charge is -2.22. The zero-order valence-electron chi connectivity index (χ0n) is 12.4. The summed E-state index contributed by atoms with van der Waals surface area (Å²) in [6, 6.07) is 11.9. The van der Waals surface area contributed by atoms with E-state index in [2.05, 4.69) is 21.2 Å². The first kappa shape index (κ1) is 16.5. The van der Waals surface area contributed by atoms with Crippen LogP contribution in [-0.2, 0) is 4.79 Å². The van der Waals surface area contributed by atoms with E-state index in [0.29, 0.717) is 4.48 Å². The van der Waals surface area contributed by atoms with Crippen LogP contribution in [0.1, 0.15) is 37.7 Å². The summed E-state index contributed by atoms with van der Waals surface area (Å²) in [6.45, 7) is 0. The van der Waals surface area contributed by atoms with Crippen LogP contribution >= 0.6 is 15.9 Å². The quantitative estimate of drug-likeness (QED) is 0.494. The molecule has 0 aromatic heterocycles. The first-order valence-electron chi connectivity index (χ1n) is 7.54. The van der Waals surface area contributed by atoms with Gasteiger partial charge in [0.15, 0.2) is 0 Å². The first-order valence-corrected chi connectivity index (χ1v) is 8.33. The maximum Gasteiger partial charge on any atom is 0.262 e. The van der Waals surface area contributed by atoms with Gasteiger partial charge in [0.05, 0.1) is 0 Å². The van der Waals surface area contributed by atoms with Gasteiger partial charge in [-0.1, -0.05) is 65.5 Å². The third-order valence-corrected chi connectivity index (χ3v) is 4.15. The summed E-state index contributed by atoms with van der Waals surface area (Å²) < 4.78 is 0.703. The average Bonchev–Trinajstić information content (AvgIpc) is 2.54. The Bertz CT molecular complexity index is 608. The molecule has 22 heavy (non-hydrogen) atoms. The van der Waals surface area contributed by atoms with Gasteiger partial charge in [0.2, 0.25) is 0 Å². The summed E-state index contributed by atoms with van der Waals surface area (Å²) >= 11 is 3.40. The van der Waals surface area contributed by atoms with Crippen molar-refractivity contribution in [2.24, 2.45) is 0 Å². The SMILES string of the molecule is N#C/C(=C\C(Br)=C\c1ccccc1)C(=O)NC1CCCCC1. The van der Waals surface area contributed by atoms with E-state index in [1.165, 1.54) is 6.42 Å². The van der Waals surface area contributed by atoms with Crippen LogP contribution in [0.25, 0.3) is 6.08 Å². The molecule has 1 aromatic carbocycles. The predicted molar refractivity (Wildman–Crippen MR) is 92.1 cm³/mol. The van der Waals surface area contributed by atoms with Crippen LogP contribution in [0.5, 0.6) is 0 Å². The van der Waals surface area contributed by atoms with E-state index in [9.17, 15) is 10.1 Å². The van der Waals surface area contributed by atoms with Gasteiger partial charge in [-0.25, -0.2) is 0 Å². The number of nitriles is 1. The summed E-state index contributed by atoms with van der Waals surface area (Å²) in [5.74, 6) is -0.284. The highest BCUT2D eigenvalue weighted by Crippen LogP contribution is 2.19. The number of amides is 1. The maximum absolute atomic E-state index is 12.2. The van der Waals surface area contributed by atoms with E-state index in [-0.39, 0.29) is 17.5 Å². The van der Waals surface area contributed by atoms with Crippen molar-refractivity contribution in [2.45, 2.75) is 38.1 Å². The predicted octanol–water partition coefficient (Wildman–Crippen LogP) is 4.32. The minimum absolute atomic E-state index is 0.129. The fourth-order valence-corrected chi connectivity index (χ4v) is 3.04. The number of nitrogens with one attached hydrogen (secondary N) is 1. The molecule has 1 saturated carbocycles. The molecule has 0 heterocycles. The van der Waals surface area contributed by atoms with Crippen LogP contribution in [-0.4, -0.2) is 11.9 Å². The summed E-state index contributed by atoms with van der Waals surface area (Å²) in [4.78, 5) is 12.2. The Morgan fingerprint density at radius 1 is 1.23 bits per heavy atom. The molecule has 1 fully saturated rings. The van der Waals surface area contributed by atoms with E-state index in [4.69, 9.17) is 0 Å². The molecule has 0 aliphatic heterocycles. The Labute approximate surface area is 139 Å². The second kappa shape index (κ2) is 8.55. The molecule has 1 aliphatic carbocycles. The van der Waals surface area contributed by atoms with Gasteiger partial charge in [-0.15, -0.1) is 0 Å². The number of allylic oxidation sites excluding steroid dienone is 2. The molecular weight excluding hydrogens is 340 g/mol. The molecule has 0 unspecified atom stereocenters. The monoisotopic (exact) mass is 358 g/mol. The fourth-order valence-electron chi connectivity index (χ4n) is 2.55. The Morgan fingerprint density at radius 2 is 1.91 bits per heavy atom. The fraction of sp³-hybridized carbons (Fsp3) is 0.333. The van der Waals surface area contributed by atoms with Crippen molar-refractivity contribution in [1.82, 2.24) is 5.32 Å². The van der Waals surface area contributed by atoms with Crippen LogP contribution in [0, 0.1) is 11.3 Å². The molecule has 114 valence electrons. The lowest BCUT2D eigenvalue weighted by Crippen LogP contribution is -2.36. The zero-order valence-corrected chi connectivity index (χ0v) is 14.0. The number of hydrogen-bond donors (Lipinski definition) is 1. The van der Waals surface area contributed by atoms with Gasteiger partial charge in [-0.3, -0.25) is 4.79 Å². The molecule has 1 aromatic rings. The molecule has 1 N–H and O–H groups in total. The molecule has 0 spiro atoms. The zero-order chi connectivity index (χ0) is 15.8. The van der Waals surface area contributed by atoms with Crippen LogP contribution in [0.4, 0.5) is 0 Å². The second-order valence-corrected chi connectivity index (χ2v) is 6.33. The van der Waals surface area contributed by atoms with Crippen LogP contribution in [0.15, 0.2) is 46.5 Å². The van der Waals surface area contributed by atoms with E-state index in [1.807, 2.05) is 42.5 Å². The Hall–Kier alpha value is -1.86. The standard InChI is InChI=1S/C18H19BrN2O/c19-16(11-14-7-3-1-4-8-14)12-15(13-20)18(22)21-17-9-5-2-6-10-17/h1,3-4,7-8,11-12,17H,2,5-6,9-10H2,(H,21,22)/b15-12+,16-11-. The molecule has 0 radical (unpaired) electrons. The molecule has 3 nitrogen and oxygen atoms in total. The number of benzene rings is 1. The van der Waals surface area contributed by atoms with Gasteiger partial charge in [0, 0.05) is 10.5 Å². The van der Waals surface area contributed by atoms with Gasteiger partial charge >= 0.3 is 0 Å². The molecule has 0 atom stereocenters. The lowest BCUT2D eigenvalue weighted by atomic mass is 9.95. The average molecular weight is 359 g/mol. The summed E-state index contributed by atoms with van der Waals surface area (Å²) in [6.07, 6.45) is 8.99. The van der Waals surface area contributed by atoms with Crippen molar-refractivity contribution in [3.63, 3.8) is 0 Å². The highest BCUT2D eigenvalue weighted by Gasteiger charge is 2.18. The van der Waals surface area contributed by atoms with Gasteiger partial charge in [0.25, 0.3) is 5.91 Å². The van der Waals surface area contributed by atoms with E-state index in [0.717, 1.165) is 31.2 Å². The Morgan fingerprint density at radius 3 is 2.55 bits per heavy atom. The van der Waals surface area contributed by atoms with Crippen molar-refractivity contribution >= 4 is 27.9 Å². The Balaban J connectivity index is 2.04. The van der Waals surface area contributed by atoms with Crippen molar-refractivity contribution in [3.05, 3.63) is 52.0 Å². The molecule has 0 bridgehead atoms. The maximum atomic E-state index is 12.2. The number of hydrogen-bond acceptors (Lipinski definition) is 2. The third kappa shape index (κ3) is 5.16. The van der Waals surface area contributed by atoms with Gasteiger partial charge in [-0.05, 0) is 30.6 Å². The molecular formula is C18H19BrN2O. The molecule has 2 rings (SSSR count). The lowest BCUT2D eigenvalue weighted by molar-refractivity contribution is -0.118. The van der Waals surface area contributed by atoms with Crippen molar-refractivity contribution < 1.29 is 4.79 Å². The van der Waals surface area contributed by atoms with Crippen molar-refractivity contribution in [1.29, 1.82) is 5.26 Å². The number of rotatable bonds is 4. The minimum atomic E-state index is -0.284. The smallest absolute Gasteiger partial charge is 0.262 e. The van der Waals surface area contributed by atoms with E-state index >= 15 is 0 Å². The number of carbonyl (C=O) groups excluding carboxylic acids is 1. The first-order chi connectivity index (χ1) is 10.7. The minimum Gasteiger partial charge on any atom is -0.349 e. The van der Waals surface area contributed by atoms with Crippen LogP contribution in [0.3, 0.4) is 0 Å². The summed E-state index contributed by atoms with van der Waals surface area (Å²) in [5.41, 5.74) is 1.14. The largest absolute Gasteiger partial charge is 0.349 e. The molecule has 1 aliphatic rings. The molecule has 4 heteroatoms. The number of halogens is 1. The normalized spacial score (nSPS) is 16.9. The Kier molecular flexibility index (Phi) is 6.42.